The lowest BCUT2D eigenvalue weighted by molar-refractivity contribution is 0.976. The maximum atomic E-state index is 11.9. The molecule has 3 rings (SSSR count). The van der Waals surface area contributed by atoms with Crippen LogP contribution in [0.3, 0.4) is 0 Å². The van der Waals surface area contributed by atoms with Crippen LogP contribution in [-0.4, -0.2) is 20.4 Å². The van der Waals surface area contributed by atoms with Gasteiger partial charge in [-0.1, -0.05) is 6.07 Å². The Labute approximate surface area is 113 Å². The highest BCUT2D eigenvalue weighted by Gasteiger charge is 2.08. The van der Waals surface area contributed by atoms with Crippen molar-refractivity contribution in [2.75, 3.05) is 5.32 Å². The Hall–Kier alpha value is -2.83. The minimum atomic E-state index is -0.327. The van der Waals surface area contributed by atoms with Gasteiger partial charge in [-0.05, 0) is 19.1 Å². The lowest BCUT2D eigenvalue weighted by Gasteiger charge is -2.08. The molecule has 0 saturated carbocycles. The Bertz CT molecular complexity index is 874. The van der Waals surface area contributed by atoms with Crippen LogP contribution in [0, 0.1) is 6.92 Å². The van der Waals surface area contributed by atoms with Gasteiger partial charge in [0.05, 0.1) is 17.0 Å². The quantitative estimate of drug-likeness (QED) is 0.566. The van der Waals surface area contributed by atoms with Crippen LogP contribution < -0.4 is 16.4 Å². The number of aromatic nitrogens is 4. The lowest BCUT2D eigenvalue weighted by atomic mass is 10.1. The molecule has 0 amide bonds. The van der Waals surface area contributed by atoms with E-state index < -0.39 is 0 Å². The number of hydrogen-bond acceptors (Lipinski definition) is 4. The SMILES string of the molecule is Cc1[nH]ncc1CNc1cccc2c(=O)[nH][nH]c(=O)c12. The van der Waals surface area contributed by atoms with Crippen LogP contribution >= 0.6 is 0 Å². The molecule has 0 unspecified atom stereocenters. The summed E-state index contributed by atoms with van der Waals surface area (Å²) in [5, 5.41) is 15.3. The summed E-state index contributed by atoms with van der Waals surface area (Å²) >= 11 is 0. The number of H-pyrrole nitrogens is 3. The average Bonchev–Trinajstić information content (AvgIpc) is 2.86. The molecule has 2 heterocycles. The summed E-state index contributed by atoms with van der Waals surface area (Å²) in [5.41, 5.74) is 1.94. The van der Waals surface area contributed by atoms with Gasteiger partial charge in [-0.15, -0.1) is 0 Å². The van der Waals surface area contributed by atoms with Crippen LogP contribution in [0.2, 0.25) is 0 Å². The fraction of sp³-hybridized carbons (Fsp3) is 0.154. The monoisotopic (exact) mass is 271 g/mol. The number of nitrogens with one attached hydrogen (secondary N) is 4. The molecular weight excluding hydrogens is 258 g/mol. The summed E-state index contributed by atoms with van der Waals surface area (Å²) in [6, 6.07) is 5.13. The summed E-state index contributed by atoms with van der Waals surface area (Å²) in [6.45, 7) is 2.44. The summed E-state index contributed by atoms with van der Waals surface area (Å²) < 4.78 is 0. The van der Waals surface area contributed by atoms with Crippen molar-refractivity contribution in [1.82, 2.24) is 20.4 Å². The van der Waals surface area contributed by atoms with Gasteiger partial charge < -0.3 is 5.32 Å². The molecule has 2 aromatic heterocycles. The number of nitrogens with zero attached hydrogens (tertiary/aromatic N) is 1. The van der Waals surface area contributed by atoms with Crippen molar-refractivity contribution in [2.24, 2.45) is 0 Å². The van der Waals surface area contributed by atoms with Crippen molar-refractivity contribution in [1.29, 1.82) is 0 Å². The van der Waals surface area contributed by atoms with E-state index in [-0.39, 0.29) is 11.1 Å². The van der Waals surface area contributed by atoms with E-state index in [1.165, 1.54) is 0 Å². The third kappa shape index (κ3) is 1.99. The van der Waals surface area contributed by atoms with Gasteiger partial charge in [0.2, 0.25) is 0 Å². The summed E-state index contributed by atoms with van der Waals surface area (Å²) in [4.78, 5) is 23.6. The van der Waals surface area contributed by atoms with Gasteiger partial charge in [-0.25, -0.2) is 0 Å². The third-order valence-electron chi connectivity index (χ3n) is 3.23. The first kappa shape index (κ1) is 12.2. The molecule has 1 aromatic carbocycles. The lowest BCUT2D eigenvalue weighted by Crippen LogP contribution is -2.20. The molecule has 0 aliphatic rings. The summed E-state index contributed by atoms with van der Waals surface area (Å²) in [6.07, 6.45) is 1.73. The predicted molar refractivity (Wildman–Crippen MR) is 75.8 cm³/mol. The Kier molecular flexibility index (Phi) is 2.86. The standard InChI is InChI=1S/C13H13N5O2/c1-7-8(6-15-16-7)5-14-10-4-2-3-9-11(10)13(20)18-17-12(9)19/h2-4,6,14H,5H2,1H3,(H,15,16)(H,17,19)(H,18,20). The summed E-state index contributed by atoms with van der Waals surface area (Å²) in [7, 11) is 0. The topological polar surface area (TPSA) is 106 Å². The Morgan fingerprint density at radius 2 is 2.00 bits per heavy atom. The molecule has 0 aliphatic heterocycles. The zero-order chi connectivity index (χ0) is 14.1. The minimum Gasteiger partial charge on any atom is -0.380 e. The van der Waals surface area contributed by atoms with E-state index in [9.17, 15) is 9.59 Å². The second-order valence-electron chi connectivity index (χ2n) is 4.51. The molecule has 0 atom stereocenters. The molecule has 0 fully saturated rings. The fourth-order valence-electron chi connectivity index (χ4n) is 2.12. The Balaban J connectivity index is 2.04. The van der Waals surface area contributed by atoms with E-state index in [1.54, 1.807) is 24.4 Å². The van der Waals surface area contributed by atoms with E-state index in [4.69, 9.17) is 0 Å². The van der Waals surface area contributed by atoms with Crippen LogP contribution in [0.4, 0.5) is 5.69 Å². The van der Waals surface area contributed by atoms with Crippen molar-refractivity contribution < 1.29 is 0 Å². The van der Waals surface area contributed by atoms with Crippen LogP contribution in [-0.2, 0) is 6.54 Å². The van der Waals surface area contributed by atoms with Gasteiger partial charge in [0.15, 0.2) is 0 Å². The second-order valence-corrected chi connectivity index (χ2v) is 4.51. The molecule has 0 saturated heterocycles. The minimum absolute atomic E-state index is 0.317. The molecule has 0 radical (unpaired) electrons. The second kappa shape index (κ2) is 4.69. The van der Waals surface area contributed by atoms with Crippen molar-refractivity contribution in [3.63, 3.8) is 0 Å². The van der Waals surface area contributed by atoms with E-state index in [2.05, 4.69) is 25.7 Å². The zero-order valence-electron chi connectivity index (χ0n) is 10.8. The van der Waals surface area contributed by atoms with Crippen LogP contribution in [0.15, 0.2) is 34.0 Å². The first-order valence-corrected chi connectivity index (χ1v) is 6.13. The number of fused-ring (bicyclic) bond motifs is 1. The van der Waals surface area contributed by atoms with E-state index >= 15 is 0 Å². The van der Waals surface area contributed by atoms with Crippen LogP contribution in [0.5, 0.6) is 0 Å². The molecule has 7 heteroatoms. The fourth-order valence-corrected chi connectivity index (χ4v) is 2.12. The highest BCUT2D eigenvalue weighted by atomic mass is 16.1. The van der Waals surface area contributed by atoms with Gasteiger partial charge in [0, 0.05) is 23.5 Å². The predicted octanol–water partition coefficient (Wildman–Crippen LogP) is 0.860. The molecule has 0 aliphatic carbocycles. The highest BCUT2D eigenvalue weighted by molar-refractivity contribution is 5.92. The maximum absolute atomic E-state index is 11.9. The maximum Gasteiger partial charge on any atom is 0.272 e. The zero-order valence-corrected chi connectivity index (χ0v) is 10.8. The molecule has 20 heavy (non-hydrogen) atoms. The van der Waals surface area contributed by atoms with Gasteiger partial charge in [-0.2, -0.15) is 5.10 Å². The molecule has 0 spiro atoms. The highest BCUT2D eigenvalue weighted by Crippen LogP contribution is 2.18. The van der Waals surface area contributed by atoms with Gasteiger partial charge in [-0.3, -0.25) is 24.9 Å². The number of benzene rings is 1. The molecule has 4 N–H and O–H groups in total. The van der Waals surface area contributed by atoms with E-state index in [0.717, 1.165) is 11.3 Å². The van der Waals surface area contributed by atoms with Crippen molar-refractivity contribution in [2.45, 2.75) is 13.5 Å². The molecule has 3 aromatic rings. The largest absolute Gasteiger partial charge is 0.380 e. The molecule has 102 valence electrons. The van der Waals surface area contributed by atoms with Crippen molar-refractivity contribution in [3.05, 3.63) is 56.4 Å². The molecule has 0 bridgehead atoms. The van der Waals surface area contributed by atoms with Gasteiger partial charge in [0.25, 0.3) is 11.1 Å². The van der Waals surface area contributed by atoms with E-state index in [1.807, 2.05) is 6.92 Å². The van der Waals surface area contributed by atoms with Gasteiger partial charge >= 0.3 is 0 Å². The Morgan fingerprint density at radius 3 is 2.75 bits per heavy atom. The van der Waals surface area contributed by atoms with Crippen LogP contribution in [0.25, 0.3) is 10.8 Å². The first-order valence-electron chi connectivity index (χ1n) is 6.13. The van der Waals surface area contributed by atoms with Crippen LogP contribution in [0.1, 0.15) is 11.3 Å². The normalized spacial score (nSPS) is 10.8. The number of aromatic amines is 3. The van der Waals surface area contributed by atoms with Crippen molar-refractivity contribution >= 4 is 16.5 Å². The number of hydrogen-bond donors (Lipinski definition) is 4. The van der Waals surface area contributed by atoms with Crippen molar-refractivity contribution in [3.8, 4) is 0 Å². The smallest absolute Gasteiger partial charge is 0.272 e. The Morgan fingerprint density at radius 1 is 1.20 bits per heavy atom. The van der Waals surface area contributed by atoms with E-state index in [0.29, 0.717) is 23.0 Å². The third-order valence-corrected chi connectivity index (χ3v) is 3.23. The first-order chi connectivity index (χ1) is 9.66. The number of anilines is 1. The molecule has 7 nitrogen and oxygen atoms in total. The molecular formula is C13H13N5O2. The summed E-state index contributed by atoms with van der Waals surface area (Å²) in [5.74, 6) is 0. The number of rotatable bonds is 3. The number of aryl methyl sites for hydroxylation is 1. The van der Waals surface area contributed by atoms with Gasteiger partial charge in [0.1, 0.15) is 0 Å². The average molecular weight is 271 g/mol.